The van der Waals surface area contributed by atoms with Gasteiger partial charge in [-0.15, -0.1) is 0 Å². The monoisotopic (exact) mass is 352 g/mol. The summed E-state index contributed by atoms with van der Waals surface area (Å²) in [4.78, 5) is 16.5. The number of piperazine rings is 1. The van der Waals surface area contributed by atoms with E-state index in [4.69, 9.17) is 4.42 Å². The zero-order valence-corrected chi connectivity index (χ0v) is 14.7. The SMILES string of the molecule is Cc1ccc2c(CC(=O)N3CCN(c4ccccc4F)CC3)coc2c1. The van der Waals surface area contributed by atoms with Crippen LogP contribution in [0.2, 0.25) is 0 Å². The van der Waals surface area contributed by atoms with E-state index in [0.717, 1.165) is 22.1 Å². The van der Waals surface area contributed by atoms with E-state index in [-0.39, 0.29) is 11.7 Å². The summed E-state index contributed by atoms with van der Waals surface area (Å²) in [5.74, 6) is -0.131. The number of furan rings is 1. The quantitative estimate of drug-likeness (QED) is 0.720. The first kappa shape index (κ1) is 16.6. The van der Waals surface area contributed by atoms with Crippen LogP contribution in [0.15, 0.2) is 53.1 Å². The number of amides is 1. The van der Waals surface area contributed by atoms with E-state index in [1.165, 1.54) is 6.07 Å². The van der Waals surface area contributed by atoms with Crippen molar-refractivity contribution in [1.82, 2.24) is 4.90 Å². The highest BCUT2D eigenvalue weighted by Gasteiger charge is 2.23. The number of para-hydroxylation sites is 1. The number of benzene rings is 2. The first-order chi connectivity index (χ1) is 12.6. The lowest BCUT2D eigenvalue weighted by atomic mass is 10.1. The Balaban J connectivity index is 1.41. The summed E-state index contributed by atoms with van der Waals surface area (Å²) >= 11 is 0. The van der Waals surface area contributed by atoms with Crippen molar-refractivity contribution in [3.63, 3.8) is 0 Å². The number of hydrogen-bond donors (Lipinski definition) is 0. The molecule has 1 aliphatic rings. The highest BCUT2D eigenvalue weighted by Crippen LogP contribution is 2.24. The van der Waals surface area contributed by atoms with Gasteiger partial charge in [-0.1, -0.05) is 24.3 Å². The molecule has 0 N–H and O–H groups in total. The lowest BCUT2D eigenvalue weighted by molar-refractivity contribution is -0.130. The number of aryl methyl sites for hydroxylation is 1. The Morgan fingerprint density at radius 2 is 1.88 bits per heavy atom. The third-order valence-electron chi connectivity index (χ3n) is 4.98. The number of carbonyl (C=O) groups excluding carboxylic acids is 1. The standard InChI is InChI=1S/C21H21FN2O2/c1-15-6-7-17-16(14-26-20(17)12-15)13-21(25)24-10-8-23(9-11-24)19-5-3-2-4-18(19)22/h2-7,12,14H,8-11,13H2,1H3. The van der Waals surface area contributed by atoms with Gasteiger partial charge < -0.3 is 14.2 Å². The number of halogens is 1. The van der Waals surface area contributed by atoms with Crippen molar-refractivity contribution in [2.45, 2.75) is 13.3 Å². The first-order valence-corrected chi connectivity index (χ1v) is 8.86. The van der Waals surface area contributed by atoms with Crippen molar-refractivity contribution in [3.8, 4) is 0 Å². The molecule has 1 aliphatic heterocycles. The molecule has 5 heteroatoms. The third kappa shape index (κ3) is 3.17. The molecule has 1 aromatic heterocycles. The number of nitrogens with zero attached hydrogens (tertiary/aromatic N) is 2. The van der Waals surface area contributed by atoms with Crippen LogP contribution in [0.4, 0.5) is 10.1 Å². The lowest BCUT2D eigenvalue weighted by Crippen LogP contribution is -2.49. The number of anilines is 1. The van der Waals surface area contributed by atoms with E-state index < -0.39 is 0 Å². The molecule has 2 heterocycles. The Morgan fingerprint density at radius 1 is 1.12 bits per heavy atom. The third-order valence-corrected chi connectivity index (χ3v) is 4.98. The molecule has 0 spiro atoms. The van der Waals surface area contributed by atoms with Gasteiger partial charge in [0, 0.05) is 37.1 Å². The maximum absolute atomic E-state index is 13.9. The summed E-state index contributed by atoms with van der Waals surface area (Å²) in [6.07, 6.45) is 2.01. The van der Waals surface area contributed by atoms with Crippen LogP contribution in [0.3, 0.4) is 0 Å². The fraction of sp³-hybridized carbons (Fsp3) is 0.286. The number of fused-ring (bicyclic) bond motifs is 1. The van der Waals surface area contributed by atoms with E-state index >= 15 is 0 Å². The van der Waals surface area contributed by atoms with E-state index in [0.29, 0.717) is 38.3 Å². The predicted molar refractivity (Wildman–Crippen MR) is 99.8 cm³/mol. The zero-order valence-electron chi connectivity index (χ0n) is 14.7. The molecule has 1 fully saturated rings. The van der Waals surface area contributed by atoms with Gasteiger partial charge in [0.05, 0.1) is 18.4 Å². The molecule has 0 radical (unpaired) electrons. The molecule has 1 saturated heterocycles. The van der Waals surface area contributed by atoms with Crippen LogP contribution in [0.25, 0.3) is 11.0 Å². The normalized spacial score (nSPS) is 14.8. The molecule has 0 atom stereocenters. The number of carbonyl (C=O) groups is 1. The Kier molecular flexibility index (Phi) is 4.37. The molecule has 26 heavy (non-hydrogen) atoms. The average molecular weight is 352 g/mol. The van der Waals surface area contributed by atoms with Crippen LogP contribution >= 0.6 is 0 Å². The minimum Gasteiger partial charge on any atom is -0.464 e. The van der Waals surface area contributed by atoms with Crippen LogP contribution in [-0.2, 0) is 11.2 Å². The summed E-state index contributed by atoms with van der Waals surface area (Å²) in [7, 11) is 0. The topological polar surface area (TPSA) is 36.7 Å². The Morgan fingerprint density at radius 3 is 2.65 bits per heavy atom. The summed E-state index contributed by atoms with van der Waals surface area (Å²) in [5.41, 5.74) is 3.48. The molecule has 0 aliphatic carbocycles. The molecule has 0 saturated carbocycles. The Hall–Kier alpha value is -2.82. The van der Waals surface area contributed by atoms with Crippen molar-refractivity contribution in [2.75, 3.05) is 31.1 Å². The second-order valence-electron chi connectivity index (χ2n) is 6.76. The molecule has 1 amide bonds. The molecule has 2 aromatic carbocycles. The van der Waals surface area contributed by atoms with E-state index in [2.05, 4.69) is 0 Å². The molecule has 4 rings (SSSR count). The van der Waals surface area contributed by atoms with E-state index in [1.54, 1.807) is 18.4 Å². The second-order valence-corrected chi connectivity index (χ2v) is 6.76. The highest BCUT2D eigenvalue weighted by molar-refractivity contribution is 5.88. The molecule has 0 bridgehead atoms. The lowest BCUT2D eigenvalue weighted by Gasteiger charge is -2.36. The van der Waals surface area contributed by atoms with E-state index in [9.17, 15) is 9.18 Å². The molecule has 134 valence electrons. The van der Waals surface area contributed by atoms with Crippen molar-refractivity contribution in [3.05, 3.63) is 65.7 Å². The molecule has 3 aromatic rings. The fourth-order valence-electron chi connectivity index (χ4n) is 3.51. The predicted octanol–water partition coefficient (Wildman–Crippen LogP) is 3.77. The van der Waals surface area contributed by atoms with Gasteiger partial charge in [0.2, 0.25) is 5.91 Å². The zero-order chi connectivity index (χ0) is 18.1. The first-order valence-electron chi connectivity index (χ1n) is 8.86. The van der Waals surface area contributed by atoms with Gasteiger partial charge in [-0.05, 0) is 30.7 Å². The van der Waals surface area contributed by atoms with Crippen LogP contribution in [0, 0.1) is 12.7 Å². The van der Waals surface area contributed by atoms with Crippen molar-refractivity contribution < 1.29 is 13.6 Å². The van der Waals surface area contributed by atoms with Gasteiger partial charge in [-0.2, -0.15) is 0 Å². The Bertz CT molecular complexity index is 942. The van der Waals surface area contributed by atoms with Crippen LogP contribution < -0.4 is 4.90 Å². The van der Waals surface area contributed by atoms with Crippen molar-refractivity contribution >= 4 is 22.6 Å². The molecular formula is C21H21FN2O2. The van der Waals surface area contributed by atoms with Gasteiger partial charge in [-0.3, -0.25) is 4.79 Å². The average Bonchev–Trinajstić information content (AvgIpc) is 3.04. The van der Waals surface area contributed by atoms with Crippen LogP contribution in [-0.4, -0.2) is 37.0 Å². The number of hydrogen-bond acceptors (Lipinski definition) is 3. The maximum Gasteiger partial charge on any atom is 0.227 e. The largest absolute Gasteiger partial charge is 0.464 e. The van der Waals surface area contributed by atoms with Gasteiger partial charge in [0.15, 0.2) is 0 Å². The fourth-order valence-corrected chi connectivity index (χ4v) is 3.51. The van der Waals surface area contributed by atoms with Gasteiger partial charge in [-0.25, -0.2) is 4.39 Å². The maximum atomic E-state index is 13.9. The minimum absolute atomic E-state index is 0.0847. The summed E-state index contributed by atoms with van der Waals surface area (Å²) in [6, 6.07) is 12.8. The second kappa shape index (κ2) is 6.83. The van der Waals surface area contributed by atoms with Crippen LogP contribution in [0.5, 0.6) is 0 Å². The smallest absolute Gasteiger partial charge is 0.227 e. The van der Waals surface area contributed by atoms with E-state index in [1.807, 2.05) is 41.0 Å². The molecule has 0 unspecified atom stereocenters. The van der Waals surface area contributed by atoms with Crippen molar-refractivity contribution in [2.24, 2.45) is 0 Å². The highest BCUT2D eigenvalue weighted by atomic mass is 19.1. The number of rotatable bonds is 3. The Labute approximate surface area is 151 Å². The summed E-state index contributed by atoms with van der Waals surface area (Å²) in [6.45, 7) is 4.49. The van der Waals surface area contributed by atoms with Gasteiger partial charge in [0.1, 0.15) is 11.4 Å². The minimum atomic E-state index is -0.215. The summed E-state index contributed by atoms with van der Waals surface area (Å²) in [5, 5.41) is 0.994. The molecular weight excluding hydrogens is 331 g/mol. The van der Waals surface area contributed by atoms with Gasteiger partial charge in [0.25, 0.3) is 0 Å². The molecule has 4 nitrogen and oxygen atoms in total. The summed E-state index contributed by atoms with van der Waals surface area (Å²) < 4.78 is 19.5. The van der Waals surface area contributed by atoms with Gasteiger partial charge >= 0.3 is 0 Å². The van der Waals surface area contributed by atoms with Crippen LogP contribution in [0.1, 0.15) is 11.1 Å². The van der Waals surface area contributed by atoms with Crippen molar-refractivity contribution in [1.29, 1.82) is 0 Å².